The molecule has 2 amide bonds. The van der Waals surface area contributed by atoms with E-state index in [-0.39, 0.29) is 21.5 Å². The van der Waals surface area contributed by atoms with Crippen LogP contribution in [-0.2, 0) is 15.6 Å². The second kappa shape index (κ2) is 7.77. The number of nitrogens with one attached hydrogen (secondary N) is 1. The van der Waals surface area contributed by atoms with Crippen molar-refractivity contribution in [3.05, 3.63) is 57.2 Å². The predicted molar refractivity (Wildman–Crippen MR) is 128 cm³/mol. The van der Waals surface area contributed by atoms with E-state index in [2.05, 4.69) is 45.1 Å². The summed E-state index contributed by atoms with van der Waals surface area (Å²) in [5.74, 6) is -0.808. The molecule has 0 radical (unpaired) electrons. The molecule has 2 aromatic rings. The minimum Gasteiger partial charge on any atom is -0.493 e. The highest BCUT2D eigenvalue weighted by Gasteiger charge is 2.37. The Balaban J connectivity index is 1.92. The second-order valence-corrected chi connectivity index (χ2v) is 10.9. The Bertz CT molecular complexity index is 1180. The summed E-state index contributed by atoms with van der Waals surface area (Å²) in [6.45, 7) is 11.1. The van der Waals surface area contributed by atoms with Crippen molar-refractivity contribution in [2.24, 2.45) is 0 Å². The van der Waals surface area contributed by atoms with Gasteiger partial charge in [-0.1, -0.05) is 33.8 Å². The van der Waals surface area contributed by atoms with Crippen molar-refractivity contribution in [2.45, 2.75) is 58.3 Å². The van der Waals surface area contributed by atoms with Crippen LogP contribution in [0.1, 0.15) is 62.8 Å². The molecule has 0 spiro atoms. The molecule has 4 nitrogen and oxygen atoms in total. The summed E-state index contributed by atoms with van der Waals surface area (Å²) in [4.78, 5) is 23.7. The van der Waals surface area contributed by atoms with Crippen LogP contribution in [0.4, 0.5) is 9.18 Å². The highest BCUT2D eigenvalue weighted by Crippen LogP contribution is 2.48. The van der Waals surface area contributed by atoms with Crippen LogP contribution in [0.25, 0.3) is 17.2 Å². The Morgan fingerprint density at radius 1 is 1.00 bits per heavy atom. The van der Waals surface area contributed by atoms with E-state index >= 15 is 4.39 Å². The molecule has 1 fully saturated rings. The fraction of sp³-hybridized carbons (Fsp3) is 0.385. The van der Waals surface area contributed by atoms with Crippen molar-refractivity contribution >= 4 is 29.0 Å². The van der Waals surface area contributed by atoms with Gasteiger partial charge in [0.25, 0.3) is 11.1 Å². The Kier molecular flexibility index (Phi) is 5.48. The van der Waals surface area contributed by atoms with Gasteiger partial charge in [0, 0.05) is 5.56 Å². The molecule has 0 bridgehead atoms. The molecule has 1 N–H and O–H groups in total. The van der Waals surface area contributed by atoms with E-state index in [1.807, 2.05) is 13.0 Å². The lowest BCUT2D eigenvalue weighted by atomic mass is 9.62. The third-order valence-electron chi connectivity index (χ3n) is 6.70. The first-order chi connectivity index (χ1) is 14.9. The number of methoxy groups -OCH3 is 1. The number of aryl methyl sites for hydroxylation is 1. The van der Waals surface area contributed by atoms with E-state index in [1.165, 1.54) is 30.4 Å². The van der Waals surface area contributed by atoms with Crippen molar-refractivity contribution in [3.8, 4) is 16.9 Å². The van der Waals surface area contributed by atoms with E-state index in [9.17, 15) is 9.59 Å². The Morgan fingerprint density at radius 3 is 2.19 bits per heavy atom. The van der Waals surface area contributed by atoms with Gasteiger partial charge in [-0.25, -0.2) is 4.39 Å². The van der Waals surface area contributed by atoms with Crippen molar-refractivity contribution < 1.29 is 18.7 Å². The minimum absolute atomic E-state index is 0.0115. The van der Waals surface area contributed by atoms with Gasteiger partial charge < -0.3 is 4.74 Å². The van der Waals surface area contributed by atoms with Crippen molar-refractivity contribution in [1.82, 2.24) is 5.32 Å². The van der Waals surface area contributed by atoms with E-state index in [4.69, 9.17) is 4.74 Å². The Labute approximate surface area is 192 Å². The van der Waals surface area contributed by atoms with Crippen LogP contribution in [0.3, 0.4) is 0 Å². The zero-order chi connectivity index (χ0) is 23.4. The highest BCUT2D eigenvalue weighted by molar-refractivity contribution is 8.18. The van der Waals surface area contributed by atoms with Crippen LogP contribution < -0.4 is 10.1 Å². The number of benzene rings is 2. The molecule has 2 aromatic carbocycles. The van der Waals surface area contributed by atoms with Gasteiger partial charge in [-0.15, -0.1) is 0 Å². The quantitative estimate of drug-likeness (QED) is 0.540. The first kappa shape index (κ1) is 22.6. The van der Waals surface area contributed by atoms with Gasteiger partial charge in [-0.05, 0) is 94.4 Å². The number of hydrogen-bond acceptors (Lipinski definition) is 4. The van der Waals surface area contributed by atoms with Gasteiger partial charge in [-0.2, -0.15) is 0 Å². The van der Waals surface area contributed by atoms with Crippen LogP contribution in [0.5, 0.6) is 5.75 Å². The number of halogens is 1. The molecule has 1 heterocycles. The molecular weight excluding hydrogens is 425 g/mol. The summed E-state index contributed by atoms with van der Waals surface area (Å²) < 4.78 is 20.5. The van der Waals surface area contributed by atoms with E-state index in [1.54, 1.807) is 0 Å². The largest absolute Gasteiger partial charge is 0.493 e. The zero-order valence-corrected chi connectivity index (χ0v) is 20.1. The van der Waals surface area contributed by atoms with E-state index < -0.39 is 17.0 Å². The van der Waals surface area contributed by atoms with E-state index in [0.717, 1.165) is 35.7 Å². The smallest absolute Gasteiger partial charge is 0.290 e. The molecule has 168 valence electrons. The number of rotatable bonds is 3. The standard InChI is InChI=1S/C26H28FNO3S/c1-14-9-18-19(26(4,5)8-7-25(18,2)3)13-16(14)17-10-15(11-20(27)22(17)31-6)12-21-23(29)28-24(30)32-21/h9-13H,7-8H2,1-6H3,(H,28,29,30). The number of amides is 2. The molecule has 0 aromatic heterocycles. The summed E-state index contributed by atoms with van der Waals surface area (Å²) in [6.07, 6.45) is 3.73. The minimum atomic E-state index is -0.511. The molecule has 2 aliphatic rings. The lowest BCUT2D eigenvalue weighted by Gasteiger charge is -2.42. The SMILES string of the molecule is COc1c(F)cc(C=C2SC(=O)NC2=O)cc1-c1cc2c(cc1C)C(C)(C)CCC2(C)C. The van der Waals surface area contributed by atoms with Gasteiger partial charge >= 0.3 is 0 Å². The lowest BCUT2D eigenvalue weighted by Crippen LogP contribution is -2.34. The number of carbonyl (C=O) groups excluding carboxylic acids is 2. The number of ether oxygens (including phenoxy) is 1. The molecule has 1 aliphatic heterocycles. The molecule has 32 heavy (non-hydrogen) atoms. The molecule has 6 heteroatoms. The molecule has 1 saturated heterocycles. The maximum Gasteiger partial charge on any atom is 0.290 e. The number of carbonyl (C=O) groups is 2. The van der Waals surface area contributed by atoms with Gasteiger partial charge in [0.15, 0.2) is 11.6 Å². The van der Waals surface area contributed by atoms with Crippen LogP contribution in [0, 0.1) is 12.7 Å². The van der Waals surface area contributed by atoms with Crippen LogP contribution in [-0.4, -0.2) is 18.3 Å². The molecule has 0 unspecified atom stereocenters. The summed E-state index contributed by atoms with van der Waals surface area (Å²) in [5, 5.41) is 1.80. The Hall–Kier alpha value is -2.60. The Morgan fingerprint density at radius 2 is 1.62 bits per heavy atom. The number of thioether (sulfide) groups is 1. The predicted octanol–water partition coefficient (Wildman–Crippen LogP) is 6.48. The van der Waals surface area contributed by atoms with E-state index in [0.29, 0.717) is 11.1 Å². The van der Waals surface area contributed by atoms with Gasteiger partial charge in [0.05, 0.1) is 12.0 Å². The maximum absolute atomic E-state index is 15.1. The maximum atomic E-state index is 15.1. The normalized spacial score (nSPS) is 20.3. The number of imide groups is 1. The lowest BCUT2D eigenvalue weighted by molar-refractivity contribution is -0.115. The number of fused-ring (bicyclic) bond motifs is 1. The van der Waals surface area contributed by atoms with Crippen LogP contribution in [0.15, 0.2) is 29.2 Å². The third-order valence-corrected chi connectivity index (χ3v) is 7.51. The summed E-state index contributed by atoms with van der Waals surface area (Å²) in [5.41, 5.74) is 5.79. The summed E-state index contributed by atoms with van der Waals surface area (Å²) in [7, 11) is 1.46. The molecular formula is C26H28FNO3S. The van der Waals surface area contributed by atoms with Gasteiger partial charge in [-0.3, -0.25) is 14.9 Å². The van der Waals surface area contributed by atoms with Crippen molar-refractivity contribution in [3.63, 3.8) is 0 Å². The second-order valence-electron chi connectivity index (χ2n) is 9.92. The molecule has 4 rings (SSSR count). The third kappa shape index (κ3) is 3.85. The zero-order valence-electron chi connectivity index (χ0n) is 19.3. The average Bonchev–Trinajstić information content (AvgIpc) is 3.01. The van der Waals surface area contributed by atoms with Crippen LogP contribution >= 0.6 is 11.8 Å². The summed E-state index contributed by atoms with van der Waals surface area (Å²) >= 11 is 0.815. The monoisotopic (exact) mass is 453 g/mol. The highest BCUT2D eigenvalue weighted by atomic mass is 32.2. The van der Waals surface area contributed by atoms with Gasteiger partial charge in [0.2, 0.25) is 0 Å². The van der Waals surface area contributed by atoms with Crippen molar-refractivity contribution in [1.29, 1.82) is 0 Å². The fourth-order valence-electron chi connectivity index (χ4n) is 4.69. The van der Waals surface area contributed by atoms with Crippen molar-refractivity contribution in [2.75, 3.05) is 7.11 Å². The first-order valence-electron chi connectivity index (χ1n) is 10.7. The topological polar surface area (TPSA) is 55.4 Å². The fourth-order valence-corrected chi connectivity index (χ4v) is 5.37. The molecule has 0 atom stereocenters. The van der Waals surface area contributed by atoms with Gasteiger partial charge in [0.1, 0.15) is 0 Å². The van der Waals surface area contributed by atoms with Crippen LogP contribution in [0.2, 0.25) is 0 Å². The average molecular weight is 454 g/mol. The first-order valence-corrected chi connectivity index (χ1v) is 11.5. The summed E-state index contributed by atoms with van der Waals surface area (Å²) in [6, 6.07) is 7.56. The molecule has 1 aliphatic carbocycles. The molecule has 0 saturated carbocycles. The number of hydrogen-bond donors (Lipinski definition) is 1.